The number of fused-ring (bicyclic) bond motifs is 1. The van der Waals surface area contributed by atoms with E-state index >= 15 is 0 Å². The van der Waals surface area contributed by atoms with E-state index < -0.39 is 0 Å². The molecule has 7 nitrogen and oxygen atoms in total. The van der Waals surface area contributed by atoms with Gasteiger partial charge in [0.25, 0.3) is 11.5 Å². The molecule has 1 aromatic carbocycles. The smallest absolute Gasteiger partial charge is 0.262 e. The van der Waals surface area contributed by atoms with Crippen molar-refractivity contribution < 1.29 is 9.59 Å². The highest BCUT2D eigenvalue weighted by molar-refractivity contribution is 7.16. The first-order chi connectivity index (χ1) is 14.9. The maximum absolute atomic E-state index is 13.0. The fourth-order valence-electron chi connectivity index (χ4n) is 3.75. The van der Waals surface area contributed by atoms with Gasteiger partial charge in [-0.2, -0.15) is 0 Å². The zero-order valence-electron chi connectivity index (χ0n) is 16.8. The van der Waals surface area contributed by atoms with Gasteiger partial charge in [-0.1, -0.05) is 30.1 Å². The summed E-state index contributed by atoms with van der Waals surface area (Å²) in [5, 5.41) is 3.05. The first kappa shape index (κ1) is 21.8. The van der Waals surface area contributed by atoms with E-state index in [1.165, 1.54) is 22.2 Å². The van der Waals surface area contributed by atoms with Crippen molar-refractivity contribution in [2.45, 2.75) is 25.9 Å². The second kappa shape index (κ2) is 8.98. The Morgan fingerprint density at radius 3 is 2.74 bits per heavy atom. The van der Waals surface area contributed by atoms with Gasteiger partial charge in [0.05, 0.1) is 21.8 Å². The maximum Gasteiger partial charge on any atom is 0.262 e. The van der Waals surface area contributed by atoms with Crippen LogP contribution in [0.15, 0.2) is 40.8 Å². The first-order valence-electron chi connectivity index (χ1n) is 9.85. The van der Waals surface area contributed by atoms with Crippen molar-refractivity contribution in [3.63, 3.8) is 0 Å². The molecule has 0 saturated carbocycles. The Balaban J connectivity index is 1.46. The van der Waals surface area contributed by atoms with E-state index in [9.17, 15) is 14.4 Å². The highest BCUT2D eigenvalue weighted by atomic mass is 35.5. The van der Waals surface area contributed by atoms with E-state index in [-0.39, 0.29) is 30.0 Å². The molecule has 1 unspecified atom stereocenters. The molecule has 0 radical (unpaired) electrons. The molecular weight excluding hydrogens is 459 g/mol. The fraction of sp³-hybridized carbons (Fsp3) is 0.333. The van der Waals surface area contributed by atoms with Crippen molar-refractivity contribution in [2.24, 2.45) is 0 Å². The van der Waals surface area contributed by atoms with Gasteiger partial charge in [-0.3, -0.25) is 19.0 Å². The molecule has 2 amide bonds. The lowest BCUT2D eigenvalue weighted by Crippen LogP contribution is -2.57. The summed E-state index contributed by atoms with van der Waals surface area (Å²) < 4.78 is 1.34. The monoisotopic (exact) mass is 478 g/mol. The number of rotatable bonds is 4. The molecule has 0 aliphatic carbocycles. The Bertz CT molecular complexity index is 1210. The van der Waals surface area contributed by atoms with E-state index in [4.69, 9.17) is 23.2 Å². The molecule has 3 heterocycles. The molecule has 2 aromatic heterocycles. The summed E-state index contributed by atoms with van der Waals surface area (Å²) in [4.78, 5) is 46.9. The number of nitrogens with zero attached hydrogens (tertiary/aromatic N) is 4. The zero-order chi connectivity index (χ0) is 22.1. The van der Waals surface area contributed by atoms with Gasteiger partial charge in [0.1, 0.15) is 11.4 Å². The average molecular weight is 479 g/mol. The van der Waals surface area contributed by atoms with Gasteiger partial charge in [0, 0.05) is 31.2 Å². The summed E-state index contributed by atoms with van der Waals surface area (Å²) in [7, 11) is 0. The number of amides is 2. The van der Waals surface area contributed by atoms with Crippen LogP contribution >= 0.6 is 34.5 Å². The van der Waals surface area contributed by atoms with Crippen LogP contribution in [0, 0.1) is 0 Å². The third-order valence-corrected chi connectivity index (χ3v) is 7.05. The summed E-state index contributed by atoms with van der Waals surface area (Å²) in [6.45, 7) is 3.11. The SMILES string of the molecule is CCC1CN(C(=O)Cn2cnc3sccc3c2=O)CCN1C(=O)c1ccc(Cl)c(Cl)c1. The minimum Gasteiger partial charge on any atom is -0.337 e. The van der Waals surface area contributed by atoms with Crippen LogP contribution in [-0.4, -0.2) is 56.8 Å². The number of hydrogen-bond acceptors (Lipinski definition) is 5. The van der Waals surface area contributed by atoms with Crippen LogP contribution in [0.3, 0.4) is 0 Å². The third-order valence-electron chi connectivity index (χ3n) is 5.49. The molecule has 3 aromatic rings. The van der Waals surface area contributed by atoms with Gasteiger partial charge >= 0.3 is 0 Å². The predicted molar refractivity (Wildman–Crippen MR) is 122 cm³/mol. The minimum atomic E-state index is -0.222. The number of piperazine rings is 1. The van der Waals surface area contributed by atoms with E-state index in [1.807, 2.05) is 6.92 Å². The van der Waals surface area contributed by atoms with Crippen molar-refractivity contribution >= 4 is 56.6 Å². The molecule has 4 rings (SSSR count). The molecule has 162 valence electrons. The number of carbonyl (C=O) groups is 2. The quantitative estimate of drug-likeness (QED) is 0.574. The van der Waals surface area contributed by atoms with Crippen LogP contribution < -0.4 is 5.56 Å². The van der Waals surface area contributed by atoms with Crippen molar-refractivity contribution in [2.75, 3.05) is 19.6 Å². The lowest BCUT2D eigenvalue weighted by Gasteiger charge is -2.41. The van der Waals surface area contributed by atoms with Gasteiger partial charge < -0.3 is 9.80 Å². The summed E-state index contributed by atoms with van der Waals surface area (Å²) >= 11 is 13.4. The molecule has 10 heteroatoms. The summed E-state index contributed by atoms with van der Waals surface area (Å²) in [5.74, 6) is -0.306. The second-order valence-electron chi connectivity index (χ2n) is 7.35. The number of hydrogen-bond donors (Lipinski definition) is 0. The molecule has 1 aliphatic heterocycles. The zero-order valence-corrected chi connectivity index (χ0v) is 19.1. The number of carbonyl (C=O) groups excluding carboxylic acids is 2. The van der Waals surface area contributed by atoms with E-state index in [1.54, 1.807) is 39.4 Å². The molecule has 0 bridgehead atoms. The third kappa shape index (κ3) is 4.33. The van der Waals surface area contributed by atoms with Gasteiger partial charge in [-0.05, 0) is 36.1 Å². The van der Waals surface area contributed by atoms with Gasteiger partial charge in [0.2, 0.25) is 5.91 Å². The molecular formula is C21H20Cl2N4O3S. The van der Waals surface area contributed by atoms with Gasteiger partial charge in [0.15, 0.2) is 0 Å². The minimum absolute atomic E-state index is 0.0746. The fourth-order valence-corrected chi connectivity index (χ4v) is 4.77. The molecule has 1 atom stereocenters. The first-order valence-corrected chi connectivity index (χ1v) is 11.5. The van der Waals surface area contributed by atoms with Crippen LogP contribution in [0.25, 0.3) is 10.2 Å². The topological polar surface area (TPSA) is 75.5 Å². The summed E-state index contributed by atoms with van der Waals surface area (Å²) in [5.41, 5.74) is 0.245. The molecule has 1 saturated heterocycles. The van der Waals surface area contributed by atoms with Crippen LogP contribution in [-0.2, 0) is 11.3 Å². The molecule has 1 aliphatic rings. The number of halogens is 2. The normalized spacial score (nSPS) is 16.7. The maximum atomic E-state index is 13.0. The van der Waals surface area contributed by atoms with Crippen LogP contribution in [0.5, 0.6) is 0 Å². The molecule has 1 fully saturated rings. The second-order valence-corrected chi connectivity index (χ2v) is 9.06. The van der Waals surface area contributed by atoms with E-state index in [2.05, 4.69) is 4.98 Å². The Hall–Kier alpha value is -2.42. The van der Waals surface area contributed by atoms with Gasteiger partial charge in [-0.15, -0.1) is 11.3 Å². The van der Waals surface area contributed by atoms with Crippen molar-refractivity contribution in [1.82, 2.24) is 19.4 Å². The predicted octanol–water partition coefficient (Wildman–Crippen LogP) is 3.53. The van der Waals surface area contributed by atoms with Gasteiger partial charge in [-0.25, -0.2) is 4.98 Å². The Morgan fingerprint density at radius 1 is 1.19 bits per heavy atom. The van der Waals surface area contributed by atoms with E-state index in [0.717, 1.165) is 0 Å². The summed E-state index contributed by atoms with van der Waals surface area (Å²) in [6.07, 6.45) is 2.11. The Morgan fingerprint density at radius 2 is 2.00 bits per heavy atom. The van der Waals surface area contributed by atoms with E-state index in [0.29, 0.717) is 51.9 Å². The standard InChI is InChI=1S/C21H20Cl2N4O3S/c1-2-14-10-25(6-7-27(14)20(29)13-3-4-16(22)17(23)9-13)18(28)11-26-12-24-19-15(21(26)30)5-8-31-19/h3-5,8-9,12,14H,2,6-7,10-11H2,1H3. The van der Waals surface area contributed by atoms with Crippen molar-refractivity contribution in [3.8, 4) is 0 Å². The average Bonchev–Trinajstić information content (AvgIpc) is 3.26. The lowest BCUT2D eigenvalue weighted by atomic mass is 10.1. The van der Waals surface area contributed by atoms with Crippen LogP contribution in [0.4, 0.5) is 0 Å². The van der Waals surface area contributed by atoms with Crippen LogP contribution in [0.1, 0.15) is 23.7 Å². The van der Waals surface area contributed by atoms with Crippen molar-refractivity contribution in [3.05, 3.63) is 61.9 Å². The highest BCUT2D eigenvalue weighted by Gasteiger charge is 2.32. The number of thiophene rings is 1. The molecule has 0 N–H and O–H groups in total. The summed E-state index contributed by atoms with van der Waals surface area (Å²) in [6, 6.07) is 6.41. The number of benzene rings is 1. The number of aromatic nitrogens is 2. The molecule has 0 spiro atoms. The Kier molecular flexibility index (Phi) is 6.31. The largest absolute Gasteiger partial charge is 0.337 e. The lowest BCUT2D eigenvalue weighted by molar-refractivity contribution is -0.134. The van der Waals surface area contributed by atoms with Crippen molar-refractivity contribution in [1.29, 1.82) is 0 Å². The molecule has 31 heavy (non-hydrogen) atoms. The van der Waals surface area contributed by atoms with Crippen LogP contribution in [0.2, 0.25) is 10.0 Å². The highest BCUT2D eigenvalue weighted by Crippen LogP contribution is 2.25. The Labute approximate surface area is 192 Å².